The standard InChI is InChI=1S/C22H16F6N2O3S/c23-16-8-10-19(30(34(31)32)14-4-5-14)21(20(16)25)29-18-9-3-13(11-17(18)24)12-1-6-15(7-2-12)33-22(26,27)28/h1-3,6-11,14,29,34H,4-5H2. The van der Waals surface area contributed by atoms with Crippen LogP contribution in [0.3, 0.4) is 0 Å². The molecule has 0 aromatic heterocycles. The number of halogens is 6. The van der Waals surface area contributed by atoms with Crippen molar-refractivity contribution in [3.05, 3.63) is 72.0 Å². The summed E-state index contributed by atoms with van der Waals surface area (Å²) >= 11 is 0. The van der Waals surface area contributed by atoms with E-state index in [1.54, 1.807) is 0 Å². The Bertz CT molecular complexity index is 1280. The van der Waals surface area contributed by atoms with Crippen molar-refractivity contribution in [3.63, 3.8) is 0 Å². The van der Waals surface area contributed by atoms with Gasteiger partial charge in [-0.2, -0.15) is 0 Å². The van der Waals surface area contributed by atoms with Crippen molar-refractivity contribution in [3.8, 4) is 16.9 Å². The first-order valence-corrected chi connectivity index (χ1v) is 11.0. The number of alkyl halides is 3. The SMILES string of the molecule is O=[SH](=O)N(c1ccc(F)c(F)c1Nc1ccc(-c2ccc(OC(F)(F)F)cc2)cc1F)C1CC1. The highest BCUT2D eigenvalue weighted by atomic mass is 32.2. The van der Waals surface area contributed by atoms with Crippen LogP contribution in [-0.4, -0.2) is 20.8 Å². The molecule has 0 saturated heterocycles. The summed E-state index contributed by atoms with van der Waals surface area (Å²) in [6.07, 6.45) is -3.74. The molecular weight excluding hydrogens is 486 g/mol. The fraction of sp³-hybridized carbons (Fsp3) is 0.182. The summed E-state index contributed by atoms with van der Waals surface area (Å²) < 4.78 is 108. The molecule has 0 bridgehead atoms. The third-order valence-electron chi connectivity index (χ3n) is 5.04. The number of rotatable bonds is 7. The smallest absolute Gasteiger partial charge is 0.406 e. The highest BCUT2D eigenvalue weighted by Crippen LogP contribution is 2.40. The zero-order chi connectivity index (χ0) is 24.6. The number of hydrogen-bond donors (Lipinski definition) is 2. The molecule has 4 rings (SSSR count). The molecule has 0 spiro atoms. The lowest BCUT2D eigenvalue weighted by atomic mass is 10.0. The highest BCUT2D eigenvalue weighted by molar-refractivity contribution is 7.74. The molecule has 1 aliphatic rings. The van der Waals surface area contributed by atoms with Gasteiger partial charge < -0.3 is 10.1 Å². The minimum Gasteiger partial charge on any atom is -0.406 e. The van der Waals surface area contributed by atoms with Crippen molar-refractivity contribution < 1.29 is 39.5 Å². The first-order chi connectivity index (χ1) is 16.0. The fourth-order valence-corrected chi connectivity index (χ4v) is 4.21. The van der Waals surface area contributed by atoms with E-state index < -0.39 is 46.1 Å². The van der Waals surface area contributed by atoms with Crippen LogP contribution in [0.5, 0.6) is 5.75 Å². The molecule has 1 N–H and O–H groups in total. The van der Waals surface area contributed by atoms with Crippen LogP contribution in [0.25, 0.3) is 11.1 Å². The first kappa shape index (κ1) is 23.7. The molecule has 0 radical (unpaired) electrons. The van der Waals surface area contributed by atoms with Crippen LogP contribution >= 0.6 is 0 Å². The van der Waals surface area contributed by atoms with Gasteiger partial charge in [-0.3, -0.25) is 4.31 Å². The van der Waals surface area contributed by atoms with Crippen molar-refractivity contribution in [2.24, 2.45) is 0 Å². The Morgan fingerprint density at radius 1 is 0.882 bits per heavy atom. The van der Waals surface area contributed by atoms with E-state index in [-0.39, 0.29) is 17.4 Å². The summed E-state index contributed by atoms with van der Waals surface area (Å²) in [4.78, 5) is 0. The van der Waals surface area contributed by atoms with Gasteiger partial charge in [0, 0.05) is 6.04 Å². The Hall–Kier alpha value is -3.41. The largest absolute Gasteiger partial charge is 0.573 e. The van der Waals surface area contributed by atoms with Crippen molar-refractivity contribution >= 4 is 28.0 Å². The number of benzene rings is 3. The third-order valence-corrected chi connectivity index (χ3v) is 5.93. The van der Waals surface area contributed by atoms with Crippen molar-refractivity contribution in [1.29, 1.82) is 0 Å². The van der Waals surface area contributed by atoms with Crippen LogP contribution in [0.1, 0.15) is 12.8 Å². The summed E-state index contributed by atoms with van der Waals surface area (Å²) in [5, 5.41) is 2.44. The Balaban J connectivity index is 1.63. The molecule has 180 valence electrons. The summed E-state index contributed by atoms with van der Waals surface area (Å²) in [5.41, 5.74) is -0.277. The van der Waals surface area contributed by atoms with Gasteiger partial charge in [-0.05, 0) is 60.4 Å². The molecule has 3 aromatic carbocycles. The van der Waals surface area contributed by atoms with Gasteiger partial charge in [0.15, 0.2) is 11.6 Å². The monoisotopic (exact) mass is 502 g/mol. The van der Waals surface area contributed by atoms with Gasteiger partial charge in [-0.15, -0.1) is 13.2 Å². The minimum absolute atomic E-state index is 0.152. The van der Waals surface area contributed by atoms with E-state index >= 15 is 0 Å². The summed E-state index contributed by atoms with van der Waals surface area (Å²) in [7, 11) is -3.15. The molecule has 34 heavy (non-hydrogen) atoms. The van der Waals surface area contributed by atoms with Crippen LogP contribution in [0.4, 0.5) is 43.4 Å². The minimum atomic E-state index is -4.85. The maximum Gasteiger partial charge on any atom is 0.573 e. The van der Waals surface area contributed by atoms with Gasteiger partial charge in [0.05, 0.1) is 11.4 Å². The molecule has 1 aliphatic carbocycles. The third kappa shape index (κ3) is 5.22. The zero-order valence-electron chi connectivity index (χ0n) is 17.1. The van der Waals surface area contributed by atoms with Gasteiger partial charge in [-0.1, -0.05) is 18.2 Å². The fourth-order valence-electron chi connectivity index (χ4n) is 3.37. The second kappa shape index (κ2) is 9.09. The number of nitrogens with one attached hydrogen (secondary N) is 1. The summed E-state index contributed by atoms with van der Waals surface area (Å²) in [6.45, 7) is 0. The normalized spacial score (nSPS) is 13.7. The van der Waals surface area contributed by atoms with Crippen LogP contribution in [0.2, 0.25) is 0 Å². The topological polar surface area (TPSA) is 58.6 Å². The Labute approximate surface area is 191 Å². The Morgan fingerprint density at radius 2 is 1.53 bits per heavy atom. The van der Waals surface area contributed by atoms with E-state index in [1.165, 1.54) is 24.3 Å². The molecule has 0 heterocycles. The van der Waals surface area contributed by atoms with Crippen molar-refractivity contribution in [2.45, 2.75) is 25.2 Å². The molecule has 5 nitrogen and oxygen atoms in total. The molecule has 3 aromatic rings. The molecule has 0 aliphatic heterocycles. The maximum absolute atomic E-state index is 14.8. The molecular formula is C22H16F6N2O3S. The number of hydrogen-bond acceptors (Lipinski definition) is 4. The predicted octanol–water partition coefficient (Wildman–Crippen LogP) is 5.91. The Kier molecular flexibility index (Phi) is 6.34. The van der Waals surface area contributed by atoms with Gasteiger partial charge in [0.1, 0.15) is 17.3 Å². The Morgan fingerprint density at radius 3 is 2.09 bits per heavy atom. The zero-order valence-corrected chi connectivity index (χ0v) is 18.0. The molecule has 1 fully saturated rings. The van der Waals surface area contributed by atoms with Crippen molar-refractivity contribution in [2.75, 3.05) is 9.62 Å². The van der Waals surface area contributed by atoms with E-state index in [0.717, 1.165) is 34.6 Å². The van der Waals surface area contributed by atoms with E-state index in [9.17, 15) is 34.8 Å². The summed E-state index contributed by atoms with van der Waals surface area (Å²) in [6, 6.07) is 9.91. The van der Waals surface area contributed by atoms with Gasteiger partial charge in [0.2, 0.25) is 10.9 Å². The van der Waals surface area contributed by atoms with Crippen LogP contribution in [0, 0.1) is 17.5 Å². The number of nitrogens with zero attached hydrogens (tertiary/aromatic N) is 1. The number of thiol groups is 1. The predicted molar refractivity (Wildman–Crippen MR) is 114 cm³/mol. The molecule has 0 unspecified atom stereocenters. The second-order valence-corrected chi connectivity index (χ2v) is 8.37. The van der Waals surface area contributed by atoms with Gasteiger partial charge >= 0.3 is 6.36 Å². The van der Waals surface area contributed by atoms with E-state index in [1.807, 2.05) is 0 Å². The average Bonchev–Trinajstić information content (AvgIpc) is 3.58. The molecule has 1 saturated carbocycles. The first-order valence-electron chi connectivity index (χ1n) is 9.88. The van der Waals surface area contributed by atoms with Crippen LogP contribution in [0.15, 0.2) is 54.6 Å². The summed E-state index contributed by atoms with van der Waals surface area (Å²) in [5.74, 6) is -3.95. The average molecular weight is 502 g/mol. The lowest BCUT2D eigenvalue weighted by Gasteiger charge is -2.22. The van der Waals surface area contributed by atoms with Gasteiger partial charge in [-0.25, -0.2) is 21.6 Å². The molecule has 0 atom stereocenters. The molecule has 0 amide bonds. The quantitative estimate of drug-likeness (QED) is 0.312. The maximum atomic E-state index is 14.8. The lowest BCUT2D eigenvalue weighted by Crippen LogP contribution is -2.25. The number of anilines is 3. The van der Waals surface area contributed by atoms with Crippen molar-refractivity contribution in [1.82, 2.24) is 0 Å². The lowest BCUT2D eigenvalue weighted by molar-refractivity contribution is -0.274. The van der Waals surface area contributed by atoms with E-state index in [2.05, 4.69) is 10.1 Å². The van der Waals surface area contributed by atoms with E-state index in [4.69, 9.17) is 0 Å². The van der Waals surface area contributed by atoms with E-state index in [0.29, 0.717) is 24.0 Å². The van der Waals surface area contributed by atoms with Gasteiger partial charge in [0.25, 0.3) is 0 Å². The van der Waals surface area contributed by atoms with Crippen LogP contribution in [-0.2, 0) is 10.9 Å². The molecule has 12 heteroatoms. The number of ether oxygens (including phenoxy) is 1. The highest BCUT2D eigenvalue weighted by Gasteiger charge is 2.34. The second-order valence-electron chi connectivity index (χ2n) is 7.46. The van der Waals surface area contributed by atoms with Crippen LogP contribution < -0.4 is 14.4 Å².